The molecule has 198 valence electrons. The van der Waals surface area contributed by atoms with Gasteiger partial charge in [-0.2, -0.15) is 4.31 Å². The van der Waals surface area contributed by atoms with Gasteiger partial charge < -0.3 is 9.15 Å². The largest absolute Gasteiger partial charge is 0.482 e. The van der Waals surface area contributed by atoms with Crippen molar-refractivity contribution in [3.05, 3.63) is 90.9 Å². The molecule has 2 heterocycles. The molecule has 3 aromatic rings. The second kappa shape index (κ2) is 11.4. The molecule has 10 heteroatoms. The van der Waals surface area contributed by atoms with Crippen LogP contribution in [0.25, 0.3) is 0 Å². The molecular formula is C27H30Br2N2O5S. The van der Waals surface area contributed by atoms with Gasteiger partial charge >= 0.3 is 0 Å². The Hall–Kier alpha value is -1.98. The maximum absolute atomic E-state index is 13.0. The average Bonchev–Trinajstić information content (AvgIpc) is 2.85. The summed E-state index contributed by atoms with van der Waals surface area (Å²) in [6, 6.07) is 14.5. The number of hydrogen-bond acceptors (Lipinski definition) is 6. The molecule has 1 aliphatic rings. The molecule has 1 aromatic heterocycles. The summed E-state index contributed by atoms with van der Waals surface area (Å²) in [6.07, 6.45) is 1.35. The van der Waals surface area contributed by atoms with E-state index in [0.29, 0.717) is 43.0 Å². The summed E-state index contributed by atoms with van der Waals surface area (Å²) in [5, 5.41) is 0. The number of nitrogens with zero attached hydrogens (tertiary/aromatic N) is 2. The van der Waals surface area contributed by atoms with Crippen LogP contribution in [-0.2, 0) is 28.6 Å². The molecule has 2 aromatic carbocycles. The second-order valence-electron chi connectivity index (χ2n) is 10.1. The van der Waals surface area contributed by atoms with Crippen molar-refractivity contribution in [2.45, 2.75) is 44.2 Å². The van der Waals surface area contributed by atoms with Crippen LogP contribution in [0.2, 0.25) is 0 Å². The molecule has 0 atom stereocenters. The van der Waals surface area contributed by atoms with Crippen molar-refractivity contribution < 1.29 is 17.6 Å². The molecule has 37 heavy (non-hydrogen) atoms. The van der Waals surface area contributed by atoms with E-state index in [0.717, 1.165) is 10.0 Å². The van der Waals surface area contributed by atoms with Crippen molar-refractivity contribution in [3.8, 4) is 5.75 Å². The summed E-state index contributed by atoms with van der Waals surface area (Å²) >= 11 is 6.73. The Morgan fingerprint density at radius 3 is 2.22 bits per heavy atom. The van der Waals surface area contributed by atoms with Crippen LogP contribution in [-0.4, -0.2) is 43.8 Å². The highest BCUT2D eigenvalue weighted by atomic mass is 79.9. The summed E-state index contributed by atoms with van der Waals surface area (Å²) in [7, 11) is -3.58. The van der Waals surface area contributed by atoms with E-state index in [-0.39, 0.29) is 28.1 Å². The molecule has 0 bridgehead atoms. The van der Waals surface area contributed by atoms with Gasteiger partial charge in [-0.15, -0.1) is 0 Å². The first-order valence-corrected chi connectivity index (χ1v) is 15.0. The normalized spacial score (nSPS) is 15.6. The summed E-state index contributed by atoms with van der Waals surface area (Å²) in [5.41, 5.74) is 2.04. The molecular weight excluding hydrogens is 624 g/mol. The van der Waals surface area contributed by atoms with Crippen LogP contribution in [0.15, 0.2) is 77.8 Å². The van der Waals surface area contributed by atoms with Gasteiger partial charge in [0.05, 0.1) is 11.4 Å². The highest BCUT2D eigenvalue weighted by Gasteiger charge is 2.29. The molecule has 1 saturated heterocycles. The van der Waals surface area contributed by atoms with Gasteiger partial charge in [0, 0.05) is 41.2 Å². The molecule has 1 fully saturated rings. The van der Waals surface area contributed by atoms with E-state index in [4.69, 9.17) is 9.15 Å². The van der Waals surface area contributed by atoms with Crippen LogP contribution >= 0.6 is 31.9 Å². The van der Waals surface area contributed by atoms with Gasteiger partial charge in [-0.3, -0.25) is 9.69 Å². The van der Waals surface area contributed by atoms with Crippen LogP contribution in [0, 0.1) is 0 Å². The van der Waals surface area contributed by atoms with Crippen LogP contribution in [0.3, 0.4) is 0 Å². The number of piperazine rings is 1. The van der Waals surface area contributed by atoms with E-state index in [1.54, 1.807) is 18.2 Å². The van der Waals surface area contributed by atoms with Gasteiger partial charge in [0.15, 0.2) is 0 Å². The highest BCUT2D eigenvalue weighted by Crippen LogP contribution is 2.28. The number of ether oxygens (including phenoxy) is 1. The van der Waals surface area contributed by atoms with Gasteiger partial charge in [0.2, 0.25) is 21.2 Å². The molecule has 0 saturated carbocycles. The molecule has 0 aliphatic carbocycles. The Morgan fingerprint density at radius 1 is 0.946 bits per heavy atom. The van der Waals surface area contributed by atoms with Gasteiger partial charge in [0.25, 0.3) is 0 Å². The summed E-state index contributed by atoms with van der Waals surface area (Å²) < 4.78 is 40.4. The van der Waals surface area contributed by atoms with Crippen LogP contribution in [0.1, 0.15) is 37.7 Å². The predicted molar refractivity (Wildman–Crippen MR) is 150 cm³/mol. The lowest BCUT2D eigenvalue weighted by molar-refractivity contribution is 0.169. The first-order valence-electron chi connectivity index (χ1n) is 11.9. The Bertz CT molecular complexity index is 1410. The van der Waals surface area contributed by atoms with E-state index in [9.17, 15) is 13.2 Å². The first-order chi connectivity index (χ1) is 17.4. The zero-order chi connectivity index (χ0) is 26.8. The van der Waals surface area contributed by atoms with E-state index in [1.165, 1.54) is 22.2 Å². The van der Waals surface area contributed by atoms with E-state index in [2.05, 4.69) is 69.7 Å². The monoisotopic (exact) mass is 652 g/mol. The lowest BCUT2D eigenvalue weighted by Gasteiger charge is -2.33. The number of sulfonamides is 1. The minimum atomic E-state index is -3.58. The third-order valence-electron chi connectivity index (χ3n) is 6.31. The lowest BCUT2D eigenvalue weighted by Crippen LogP contribution is -2.48. The van der Waals surface area contributed by atoms with Crippen LogP contribution in [0.5, 0.6) is 5.75 Å². The summed E-state index contributed by atoms with van der Waals surface area (Å²) in [4.78, 5) is 14.9. The van der Waals surface area contributed by atoms with E-state index in [1.807, 2.05) is 12.1 Å². The zero-order valence-corrected chi connectivity index (χ0v) is 25.0. The van der Waals surface area contributed by atoms with Crippen molar-refractivity contribution in [1.82, 2.24) is 9.21 Å². The van der Waals surface area contributed by atoms with Crippen molar-refractivity contribution in [2.75, 3.05) is 26.2 Å². The third-order valence-corrected chi connectivity index (χ3v) is 10.1. The number of halogens is 2. The Kier molecular flexibility index (Phi) is 8.65. The molecule has 0 radical (unpaired) electrons. The van der Waals surface area contributed by atoms with E-state index >= 15 is 0 Å². The molecule has 0 amide bonds. The SMILES string of the molecule is CC(C)(C)c1ccc(COc2coc(CN3CCN(S(=O)(=O)c4ccc(Br)c(Br)c4)CC3)cc2=O)cc1. The minimum Gasteiger partial charge on any atom is -0.482 e. The van der Waals surface area contributed by atoms with Crippen molar-refractivity contribution in [3.63, 3.8) is 0 Å². The Morgan fingerprint density at radius 2 is 1.62 bits per heavy atom. The molecule has 4 rings (SSSR count). The average molecular weight is 654 g/mol. The van der Waals surface area contributed by atoms with Crippen molar-refractivity contribution >= 4 is 41.9 Å². The zero-order valence-electron chi connectivity index (χ0n) is 21.0. The fourth-order valence-corrected chi connectivity index (χ4v) is 6.25. The second-order valence-corrected chi connectivity index (χ2v) is 13.7. The molecule has 0 spiro atoms. The van der Waals surface area contributed by atoms with Gasteiger partial charge in [0.1, 0.15) is 18.6 Å². The van der Waals surface area contributed by atoms with Crippen LogP contribution < -0.4 is 10.2 Å². The molecule has 1 aliphatic heterocycles. The third kappa shape index (κ3) is 6.92. The fraction of sp³-hybridized carbons (Fsp3) is 0.370. The van der Waals surface area contributed by atoms with E-state index < -0.39 is 10.0 Å². The maximum Gasteiger partial charge on any atom is 0.243 e. The van der Waals surface area contributed by atoms with Gasteiger partial charge in [-0.05, 0) is 66.6 Å². The summed E-state index contributed by atoms with van der Waals surface area (Å²) in [5.74, 6) is 0.681. The quantitative estimate of drug-likeness (QED) is 0.333. The van der Waals surface area contributed by atoms with Crippen molar-refractivity contribution in [2.24, 2.45) is 0 Å². The van der Waals surface area contributed by atoms with Crippen molar-refractivity contribution in [1.29, 1.82) is 0 Å². The predicted octanol–water partition coefficient (Wildman–Crippen LogP) is 5.55. The number of benzene rings is 2. The Labute approximate surface area is 234 Å². The Balaban J connectivity index is 1.31. The standard InChI is InChI=1S/C27H30Br2N2O5S/c1-27(2,3)20-6-4-19(5-7-20)17-36-26-18-35-21(14-25(26)32)16-30-10-12-31(13-11-30)37(33,34)22-8-9-23(28)24(29)15-22/h4-9,14-15,18H,10-13,16-17H2,1-3H3. The minimum absolute atomic E-state index is 0.0775. The molecule has 0 N–H and O–H groups in total. The summed E-state index contributed by atoms with van der Waals surface area (Å²) in [6.45, 7) is 8.96. The number of rotatable bonds is 7. The smallest absolute Gasteiger partial charge is 0.243 e. The first kappa shape index (κ1) is 28.0. The fourth-order valence-electron chi connectivity index (χ4n) is 4.02. The number of hydrogen-bond donors (Lipinski definition) is 0. The maximum atomic E-state index is 13.0. The highest BCUT2D eigenvalue weighted by molar-refractivity contribution is 9.13. The lowest BCUT2D eigenvalue weighted by atomic mass is 9.87. The molecule has 0 unspecified atom stereocenters. The topological polar surface area (TPSA) is 80.1 Å². The van der Waals surface area contributed by atoms with Gasteiger partial charge in [-0.1, -0.05) is 45.0 Å². The van der Waals surface area contributed by atoms with Gasteiger partial charge in [-0.25, -0.2) is 8.42 Å². The molecule has 7 nitrogen and oxygen atoms in total. The van der Waals surface area contributed by atoms with Crippen LogP contribution in [0.4, 0.5) is 0 Å².